The molecule has 1 amide bonds. The second-order valence-electron chi connectivity index (χ2n) is 6.17. The highest BCUT2D eigenvalue weighted by atomic mass is 16.5. The Bertz CT molecular complexity index is 711. The number of rotatable bonds is 7. The van der Waals surface area contributed by atoms with Gasteiger partial charge in [0, 0.05) is 6.07 Å². The summed E-state index contributed by atoms with van der Waals surface area (Å²) >= 11 is 0. The molecule has 0 radical (unpaired) electrons. The second-order valence-corrected chi connectivity index (χ2v) is 6.17. The molecule has 6 heteroatoms. The van der Waals surface area contributed by atoms with Crippen LogP contribution in [-0.2, 0) is 14.3 Å². The zero-order valence-corrected chi connectivity index (χ0v) is 15.0. The van der Waals surface area contributed by atoms with Crippen molar-refractivity contribution >= 4 is 17.7 Å². The molecule has 1 aromatic carbocycles. The number of amides is 1. The molecule has 0 bridgehead atoms. The Morgan fingerprint density at radius 2 is 1.92 bits per heavy atom. The van der Waals surface area contributed by atoms with Gasteiger partial charge in [0.1, 0.15) is 5.76 Å². The zero-order chi connectivity index (χ0) is 18.4. The van der Waals surface area contributed by atoms with Crippen molar-refractivity contribution in [2.45, 2.75) is 46.1 Å². The van der Waals surface area contributed by atoms with E-state index in [0.717, 1.165) is 12.0 Å². The number of benzene rings is 1. The van der Waals surface area contributed by atoms with E-state index in [-0.39, 0.29) is 5.92 Å². The zero-order valence-electron chi connectivity index (χ0n) is 15.0. The molecule has 2 aromatic rings. The van der Waals surface area contributed by atoms with Crippen LogP contribution < -0.4 is 5.32 Å². The molecule has 0 saturated heterocycles. The summed E-state index contributed by atoms with van der Waals surface area (Å²) in [6, 6.07) is 11.1. The fraction of sp³-hybridized carbons (Fsp3) is 0.421. The van der Waals surface area contributed by atoms with Crippen molar-refractivity contribution in [1.82, 2.24) is 5.16 Å². The molecule has 0 spiro atoms. The quantitative estimate of drug-likeness (QED) is 0.775. The molecule has 3 unspecified atom stereocenters. The van der Waals surface area contributed by atoms with Crippen molar-refractivity contribution in [3.8, 4) is 0 Å². The number of nitrogens with one attached hydrogen (secondary N) is 1. The molecule has 1 aromatic heterocycles. The highest BCUT2D eigenvalue weighted by molar-refractivity contribution is 5.94. The van der Waals surface area contributed by atoms with Crippen LogP contribution in [0, 0.1) is 12.8 Å². The van der Waals surface area contributed by atoms with Crippen molar-refractivity contribution < 1.29 is 18.8 Å². The Hall–Kier alpha value is -2.63. The number of aryl methyl sites for hydroxylation is 1. The molecule has 134 valence electrons. The lowest BCUT2D eigenvalue weighted by molar-refractivity contribution is -0.155. The molecule has 1 heterocycles. The number of hydrogen-bond donors (Lipinski definition) is 1. The molecular formula is C19H24N2O4. The molecule has 1 N–H and O–H groups in total. The fourth-order valence-corrected chi connectivity index (χ4v) is 2.55. The summed E-state index contributed by atoms with van der Waals surface area (Å²) in [5.74, 6) is -0.274. The third-order valence-electron chi connectivity index (χ3n) is 4.17. The van der Waals surface area contributed by atoms with Crippen molar-refractivity contribution in [2.75, 3.05) is 5.32 Å². The molecule has 2 rings (SSSR count). The van der Waals surface area contributed by atoms with Gasteiger partial charge < -0.3 is 14.6 Å². The number of aromatic nitrogens is 1. The van der Waals surface area contributed by atoms with Crippen LogP contribution in [0.15, 0.2) is 40.9 Å². The van der Waals surface area contributed by atoms with E-state index in [0.29, 0.717) is 11.6 Å². The molecule has 0 fully saturated rings. The second kappa shape index (κ2) is 8.46. The number of carbonyl (C=O) groups is 2. The Kier molecular flexibility index (Phi) is 6.33. The highest BCUT2D eigenvalue weighted by Crippen LogP contribution is 2.28. The van der Waals surface area contributed by atoms with Crippen LogP contribution >= 0.6 is 0 Å². The van der Waals surface area contributed by atoms with E-state index < -0.39 is 23.9 Å². The monoisotopic (exact) mass is 344 g/mol. The minimum atomic E-state index is -0.931. The molecule has 0 aliphatic heterocycles. The van der Waals surface area contributed by atoms with E-state index in [2.05, 4.69) is 10.5 Å². The van der Waals surface area contributed by atoms with Crippen molar-refractivity contribution in [3.05, 3.63) is 47.7 Å². The van der Waals surface area contributed by atoms with Gasteiger partial charge >= 0.3 is 5.97 Å². The first kappa shape index (κ1) is 18.7. The summed E-state index contributed by atoms with van der Waals surface area (Å²) in [7, 11) is 0. The summed E-state index contributed by atoms with van der Waals surface area (Å²) in [4.78, 5) is 24.9. The number of ether oxygens (including phenoxy) is 1. The van der Waals surface area contributed by atoms with Gasteiger partial charge in [0.2, 0.25) is 0 Å². The molecule has 0 aliphatic rings. The van der Waals surface area contributed by atoms with Crippen LogP contribution in [0.1, 0.15) is 44.4 Å². The third kappa shape index (κ3) is 4.92. The van der Waals surface area contributed by atoms with Crippen LogP contribution in [0.3, 0.4) is 0 Å². The van der Waals surface area contributed by atoms with Gasteiger partial charge in [-0.1, -0.05) is 55.8 Å². The van der Waals surface area contributed by atoms with E-state index >= 15 is 0 Å². The van der Waals surface area contributed by atoms with E-state index in [1.54, 1.807) is 19.9 Å². The van der Waals surface area contributed by atoms with Crippen LogP contribution in [-0.4, -0.2) is 23.1 Å². The van der Waals surface area contributed by atoms with Crippen molar-refractivity contribution in [2.24, 2.45) is 5.92 Å². The maximum Gasteiger partial charge on any atom is 0.314 e. The van der Waals surface area contributed by atoms with Crippen LogP contribution in [0.5, 0.6) is 0 Å². The number of nitrogens with zero attached hydrogens (tertiary/aromatic N) is 1. The van der Waals surface area contributed by atoms with Crippen LogP contribution in [0.25, 0.3) is 0 Å². The molecule has 25 heavy (non-hydrogen) atoms. The maximum atomic E-state index is 12.7. The fourth-order valence-electron chi connectivity index (χ4n) is 2.55. The van der Waals surface area contributed by atoms with Gasteiger partial charge in [-0.15, -0.1) is 0 Å². The van der Waals surface area contributed by atoms with Gasteiger partial charge in [0.15, 0.2) is 11.9 Å². The van der Waals surface area contributed by atoms with Crippen LogP contribution in [0.2, 0.25) is 0 Å². The van der Waals surface area contributed by atoms with E-state index in [9.17, 15) is 9.59 Å². The predicted molar refractivity (Wildman–Crippen MR) is 94.1 cm³/mol. The van der Waals surface area contributed by atoms with Crippen LogP contribution in [0.4, 0.5) is 5.82 Å². The smallest absolute Gasteiger partial charge is 0.314 e. The highest BCUT2D eigenvalue weighted by Gasteiger charge is 2.30. The summed E-state index contributed by atoms with van der Waals surface area (Å²) in [5.41, 5.74) is 0.890. The lowest BCUT2D eigenvalue weighted by atomic mass is 9.85. The van der Waals surface area contributed by atoms with E-state index in [4.69, 9.17) is 9.26 Å². The van der Waals surface area contributed by atoms with Gasteiger partial charge in [-0.05, 0) is 25.3 Å². The van der Waals surface area contributed by atoms with E-state index in [1.165, 1.54) is 0 Å². The van der Waals surface area contributed by atoms with Gasteiger partial charge in [0.05, 0.1) is 5.92 Å². The molecule has 0 saturated carbocycles. The summed E-state index contributed by atoms with van der Waals surface area (Å²) in [5, 5.41) is 6.26. The average molecular weight is 344 g/mol. The predicted octanol–water partition coefficient (Wildman–Crippen LogP) is 3.68. The largest absolute Gasteiger partial charge is 0.452 e. The number of anilines is 1. The van der Waals surface area contributed by atoms with Gasteiger partial charge in [-0.3, -0.25) is 9.59 Å². The summed E-state index contributed by atoms with van der Waals surface area (Å²) in [6.07, 6.45) is -0.104. The normalized spacial score (nSPS) is 14.4. The Morgan fingerprint density at radius 1 is 1.24 bits per heavy atom. The topological polar surface area (TPSA) is 81.4 Å². The van der Waals surface area contributed by atoms with Crippen molar-refractivity contribution in [1.29, 1.82) is 0 Å². The number of esters is 1. The third-order valence-corrected chi connectivity index (χ3v) is 4.17. The summed E-state index contributed by atoms with van der Waals surface area (Å²) < 4.78 is 10.3. The minimum absolute atomic E-state index is 0.100. The first-order valence-corrected chi connectivity index (χ1v) is 8.42. The first-order valence-electron chi connectivity index (χ1n) is 8.42. The lowest BCUT2D eigenvalue weighted by Crippen LogP contribution is -2.33. The molecule has 3 atom stereocenters. The standard InChI is InChI=1S/C19H24N2O4/c1-5-12(2)17(15-9-7-6-8-10-15)19(23)24-14(4)18(22)20-16-11-13(3)25-21-16/h6-12,14,17H,5H2,1-4H3,(H,20,21,22). The van der Waals surface area contributed by atoms with Gasteiger partial charge in [-0.25, -0.2) is 0 Å². The average Bonchev–Trinajstić information content (AvgIpc) is 3.00. The molecule has 6 nitrogen and oxygen atoms in total. The number of carbonyl (C=O) groups excluding carboxylic acids is 2. The molecular weight excluding hydrogens is 320 g/mol. The SMILES string of the molecule is CCC(C)C(C(=O)OC(C)C(=O)Nc1cc(C)on1)c1ccccc1. The lowest BCUT2D eigenvalue weighted by Gasteiger charge is -2.23. The minimum Gasteiger partial charge on any atom is -0.452 e. The Labute approximate surface area is 147 Å². The number of hydrogen-bond acceptors (Lipinski definition) is 5. The Balaban J connectivity index is 2.05. The Morgan fingerprint density at radius 3 is 2.48 bits per heavy atom. The van der Waals surface area contributed by atoms with E-state index in [1.807, 2.05) is 44.2 Å². The van der Waals surface area contributed by atoms with Gasteiger partial charge in [-0.2, -0.15) is 0 Å². The summed E-state index contributed by atoms with van der Waals surface area (Å²) in [6.45, 7) is 7.29. The van der Waals surface area contributed by atoms with Gasteiger partial charge in [0.25, 0.3) is 5.91 Å². The molecule has 0 aliphatic carbocycles. The first-order chi connectivity index (χ1) is 11.9. The maximum absolute atomic E-state index is 12.7. The van der Waals surface area contributed by atoms with Crippen molar-refractivity contribution in [3.63, 3.8) is 0 Å².